The summed E-state index contributed by atoms with van der Waals surface area (Å²) < 4.78 is 53.5. The lowest BCUT2D eigenvalue weighted by molar-refractivity contribution is -0.120. The maximum Gasteiger partial charge on any atom is 0.297 e. The summed E-state index contributed by atoms with van der Waals surface area (Å²) in [5, 5.41) is 2.80. The number of benzene rings is 1. The van der Waals surface area contributed by atoms with Gasteiger partial charge in [0, 0.05) is 26.1 Å². The van der Waals surface area contributed by atoms with Crippen LogP contribution < -0.4 is 14.8 Å². The van der Waals surface area contributed by atoms with Gasteiger partial charge in [-0.2, -0.15) is 4.98 Å². The average Bonchev–Trinajstić information content (AvgIpc) is 3.04. The Morgan fingerprint density at radius 1 is 1.22 bits per heavy atom. The molecule has 2 heterocycles. The molecule has 2 aliphatic rings. The Hall–Kier alpha value is -2.46. The Balaban J connectivity index is 1.37. The van der Waals surface area contributed by atoms with E-state index in [1.807, 2.05) is 6.92 Å². The van der Waals surface area contributed by atoms with Crippen molar-refractivity contribution in [1.29, 1.82) is 0 Å². The highest BCUT2D eigenvalue weighted by atomic mass is 19.1. The molecule has 0 radical (unpaired) electrons. The molecule has 10 heteroatoms. The lowest BCUT2D eigenvalue weighted by Gasteiger charge is -2.29. The number of carbonyl (C=O) groups excluding carboxylic acids is 1. The minimum Gasteiger partial charge on any atom is -0.482 e. The van der Waals surface area contributed by atoms with Gasteiger partial charge in [-0.05, 0) is 32.6 Å². The Labute approximate surface area is 185 Å². The molecule has 0 unspecified atom stereocenters. The van der Waals surface area contributed by atoms with Crippen LogP contribution in [0, 0.1) is 11.6 Å². The van der Waals surface area contributed by atoms with Crippen molar-refractivity contribution in [1.82, 2.24) is 14.9 Å². The zero-order valence-corrected chi connectivity index (χ0v) is 18.5. The first-order valence-corrected chi connectivity index (χ1v) is 11.0. The fourth-order valence-electron chi connectivity index (χ4n) is 4.05. The first kappa shape index (κ1) is 22.7. The van der Waals surface area contributed by atoms with Gasteiger partial charge in [0.15, 0.2) is 17.4 Å². The topological polar surface area (TPSA) is 83.8 Å². The molecule has 1 aromatic carbocycles. The monoisotopic (exact) mass is 453 g/mol. The lowest BCUT2D eigenvalue weighted by atomic mass is 9.95. The molecule has 4 rings (SSSR count). The molecular formula is C22H29F2N3O5. The van der Waals surface area contributed by atoms with Gasteiger partial charge in [0.25, 0.3) is 6.01 Å². The van der Waals surface area contributed by atoms with Gasteiger partial charge in [-0.1, -0.05) is 0 Å². The number of nitrogens with zero attached hydrogens (tertiary/aromatic N) is 2. The van der Waals surface area contributed by atoms with Crippen LogP contribution in [0.15, 0.2) is 6.07 Å². The quantitative estimate of drug-likeness (QED) is 0.662. The Morgan fingerprint density at radius 3 is 2.53 bits per heavy atom. The predicted molar refractivity (Wildman–Crippen MR) is 112 cm³/mol. The standard InChI is InChI=1S/C22H29F2N3O5/c1-12(25-13(2)28)9-30-14-4-6-15(7-5-14)32-22-26-20-17(23)8-18(31-16-10-29-11-16)19(24)21(20)27(22)3/h8,12,14-16H,4-7,9-11H2,1-3H3,(H,25,28)/t12-,14-,15-/m0/s1. The van der Waals surface area contributed by atoms with Gasteiger partial charge in [-0.3, -0.25) is 9.36 Å². The molecule has 0 bridgehead atoms. The highest BCUT2D eigenvalue weighted by Crippen LogP contribution is 2.34. The van der Waals surface area contributed by atoms with Crippen LogP contribution in [-0.4, -0.2) is 59.6 Å². The number of amides is 1. The third kappa shape index (κ3) is 4.96. The van der Waals surface area contributed by atoms with Gasteiger partial charge in [0.2, 0.25) is 5.91 Å². The summed E-state index contributed by atoms with van der Waals surface area (Å²) in [6, 6.07) is 1.15. The van der Waals surface area contributed by atoms with Crippen molar-refractivity contribution in [3.05, 3.63) is 17.7 Å². The summed E-state index contributed by atoms with van der Waals surface area (Å²) in [6.45, 7) is 4.55. The summed E-state index contributed by atoms with van der Waals surface area (Å²) >= 11 is 0. The molecule has 1 aromatic heterocycles. The highest BCUT2D eigenvalue weighted by molar-refractivity contribution is 5.80. The van der Waals surface area contributed by atoms with E-state index in [0.717, 1.165) is 31.7 Å². The van der Waals surface area contributed by atoms with Crippen LogP contribution >= 0.6 is 0 Å². The van der Waals surface area contributed by atoms with Crippen LogP contribution in [0.25, 0.3) is 11.0 Å². The van der Waals surface area contributed by atoms with Gasteiger partial charge >= 0.3 is 0 Å². The van der Waals surface area contributed by atoms with Gasteiger partial charge in [0.1, 0.15) is 23.2 Å². The molecule has 1 atom stereocenters. The number of halogens is 2. The summed E-state index contributed by atoms with van der Waals surface area (Å²) in [7, 11) is 1.60. The van der Waals surface area contributed by atoms with Gasteiger partial charge < -0.3 is 24.3 Å². The molecule has 2 fully saturated rings. The minimum atomic E-state index is -0.663. The van der Waals surface area contributed by atoms with E-state index >= 15 is 4.39 Å². The molecule has 1 N–H and O–H groups in total. The second kappa shape index (κ2) is 9.58. The number of rotatable bonds is 8. The van der Waals surface area contributed by atoms with E-state index in [9.17, 15) is 9.18 Å². The maximum absolute atomic E-state index is 15.0. The van der Waals surface area contributed by atoms with Crippen molar-refractivity contribution in [3.63, 3.8) is 0 Å². The molecule has 176 valence electrons. The molecular weight excluding hydrogens is 424 g/mol. The summed E-state index contributed by atoms with van der Waals surface area (Å²) in [6.07, 6.45) is 2.77. The molecule has 1 saturated carbocycles. The van der Waals surface area contributed by atoms with Gasteiger partial charge in [-0.15, -0.1) is 0 Å². The third-order valence-corrected chi connectivity index (χ3v) is 5.79. The Bertz CT molecular complexity index is 970. The first-order chi connectivity index (χ1) is 15.3. The second-order valence-corrected chi connectivity index (χ2v) is 8.55. The van der Waals surface area contributed by atoms with Crippen molar-refractivity contribution < 1.29 is 32.5 Å². The van der Waals surface area contributed by atoms with Crippen LogP contribution in [0.1, 0.15) is 39.5 Å². The van der Waals surface area contributed by atoms with Crippen molar-refractivity contribution in [2.75, 3.05) is 19.8 Å². The zero-order valence-electron chi connectivity index (χ0n) is 18.5. The molecule has 1 aliphatic carbocycles. The lowest BCUT2D eigenvalue weighted by Crippen LogP contribution is -2.38. The van der Waals surface area contributed by atoms with Gasteiger partial charge in [0.05, 0.1) is 25.9 Å². The van der Waals surface area contributed by atoms with E-state index in [-0.39, 0.29) is 53.1 Å². The SMILES string of the molecule is CC(=O)N[C@@H](C)CO[C@H]1CC[C@H](Oc2nc3c(F)cc(OC4COC4)c(F)c3n2C)CC1. The van der Waals surface area contributed by atoms with Crippen LogP contribution in [-0.2, 0) is 21.3 Å². The number of fused-ring (bicyclic) bond motifs is 1. The number of aryl methyl sites for hydroxylation is 1. The normalized spacial score (nSPS) is 22.4. The highest BCUT2D eigenvalue weighted by Gasteiger charge is 2.28. The van der Waals surface area contributed by atoms with Crippen molar-refractivity contribution >= 4 is 16.9 Å². The molecule has 8 nitrogen and oxygen atoms in total. The van der Waals surface area contributed by atoms with E-state index in [1.165, 1.54) is 11.5 Å². The molecule has 0 spiro atoms. The number of carbonyl (C=O) groups is 1. The van der Waals surface area contributed by atoms with Crippen molar-refractivity contribution in [3.8, 4) is 11.8 Å². The Kier molecular flexibility index (Phi) is 6.80. The fraction of sp³-hybridized carbons (Fsp3) is 0.636. The van der Waals surface area contributed by atoms with Crippen molar-refractivity contribution in [2.24, 2.45) is 7.05 Å². The largest absolute Gasteiger partial charge is 0.482 e. The number of imidazole rings is 1. The summed E-state index contributed by atoms with van der Waals surface area (Å²) in [4.78, 5) is 15.3. The zero-order chi connectivity index (χ0) is 22.8. The number of ether oxygens (including phenoxy) is 4. The summed E-state index contributed by atoms with van der Waals surface area (Å²) in [5.74, 6) is -1.55. The predicted octanol–water partition coefficient (Wildman–Crippen LogP) is 2.86. The van der Waals surface area contributed by atoms with E-state index < -0.39 is 11.6 Å². The summed E-state index contributed by atoms with van der Waals surface area (Å²) in [5.41, 5.74) is -0.0691. The smallest absolute Gasteiger partial charge is 0.297 e. The molecule has 1 saturated heterocycles. The van der Waals surface area contributed by atoms with Gasteiger partial charge in [-0.25, -0.2) is 8.78 Å². The van der Waals surface area contributed by atoms with E-state index in [4.69, 9.17) is 18.9 Å². The van der Waals surface area contributed by atoms with E-state index in [1.54, 1.807) is 7.05 Å². The van der Waals surface area contributed by atoms with Crippen LogP contribution in [0.5, 0.6) is 11.8 Å². The molecule has 32 heavy (non-hydrogen) atoms. The molecule has 1 amide bonds. The average molecular weight is 453 g/mol. The molecule has 2 aromatic rings. The maximum atomic E-state index is 15.0. The second-order valence-electron chi connectivity index (χ2n) is 8.55. The minimum absolute atomic E-state index is 0.0132. The number of hydrogen-bond donors (Lipinski definition) is 1. The van der Waals surface area contributed by atoms with Crippen LogP contribution in [0.2, 0.25) is 0 Å². The number of nitrogens with one attached hydrogen (secondary N) is 1. The van der Waals surface area contributed by atoms with Crippen molar-refractivity contribution in [2.45, 2.75) is 63.9 Å². The fourth-order valence-corrected chi connectivity index (χ4v) is 4.05. The van der Waals surface area contributed by atoms with Crippen LogP contribution in [0.4, 0.5) is 8.78 Å². The number of hydrogen-bond acceptors (Lipinski definition) is 6. The number of aromatic nitrogens is 2. The molecule has 1 aliphatic heterocycles. The first-order valence-electron chi connectivity index (χ1n) is 11.0. The van der Waals surface area contributed by atoms with E-state index in [2.05, 4.69) is 10.3 Å². The van der Waals surface area contributed by atoms with Crippen LogP contribution in [0.3, 0.4) is 0 Å². The van der Waals surface area contributed by atoms with E-state index in [0.29, 0.717) is 19.8 Å². The Morgan fingerprint density at radius 2 is 1.91 bits per heavy atom. The third-order valence-electron chi connectivity index (χ3n) is 5.79.